The van der Waals surface area contributed by atoms with Crippen molar-refractivity contribution in [3.8, 4) is 0 Å². The molecule has 5 atom stereocenters. The van der Waals surface area contributed by atoms with Gasteiger partial charge in [0.2, 0.25) is 0 Å². The van der Waals surface area contributed by atoms with Crippen molar-refractivity contribution in [1.82, 2.24) is 4.98 Å². The first kappa shape index (κ1) is 21.4. The van der Waals surface area contributed by atoms with Gasteiger partial charge in [0, 0.05) is 22.8 Å². The van der Waals surface area contributed by atoms with Gasteiger partial charge in [-0.05, 0) is 6.92 Å². The van der Waals surface area contributed by atoms with Crippen LogP contribution in [0.25, 0.3) is 0 Å². The van der Waals surface area contributed by atoms with Crippen molar-refractivity contribution in [1.29, 1.82) is 0 Å². The van der Waals surface area contributed by atoms with E-state index in [1.54, 1.807) is 25.6 Å². The zero-order valence-corrected chi connectivity index (χ0v) is 20.2. The smallest absolute Gasteiger partial charge is 0.361 e. The van der Waals surface area contributed by atoms with E-state index in [2.05, 4.69) is 46.5 Å². The van der Waals surface area contributed by atoms with Crippen LogP contribution in [0.15, 0.2) is 4.42 Å². The van der Waals surface area contributed by atoms with Crippen molar-refractivity contribution in [3.63, 3.8) is 0 Å². The van der Waals surface area contributed by atoms with Gasteiger partial charge >= 0.3 is 14.5 Å². The lowest BCUT2D eigenvalue weighted by Gasteiger charge is -2.59. The Morgan fingerprint density at radius 2 is 1.72 bits per heavy atom. The summed E-state index contributed by atoms with van der Waals surface area (Å²) in [5, 5.41) is -0.310. The lowest BCUT2D eigenvalue weighted by Crippen LogP contribution is -2.73. The molecule has 4 heterocycles. The Hall–Kier alpha value is -0.873. The van der Waals surface area contributed by atoms with E-state index in [4.69, 9.17) is 22.7 Å². The topological polar surface area (TPSA) is 80.0 Å². The Morgan fingerprint density at radius 1 is 1.10 bits per heavy atom. The molecule has 3 aliphatic rings. The predicted molar refractivity (Wildman–Crippen MR) is 111 cm³/mol. The van der Waals surface area contributed by atoms with Gasteiger partial charge in [0.05, 0.1) is 6.10 Å². The Bertz CT molecular complexity index is 777. The van der Waals surface area contributed by atoms with Crippen LogP contribution in [-0.2, 0) is 18.3 Å². The third-order valence-electron chi connectivity index (χ3n) is 5.93. The number of ether oxygens (including phenoxy) is 2. The molecule has 0 unspecified atom stereocenters. The maximum atomic E-state index is 12.9. The molecule has 1 aromatic heterocycles. The van der Waals surface area contributed by atoms with Crippen LogP contribution in [0.4, 0.5) is 0 Å². The number of aromatic nitrogens is 1. The van der Waals surface area contributed by atoms with Crippen LogP contribution in [-0.4, -0.2) is 55.1 Å². The van der Waals surface area contributed by atoms with Crippen molar-refractivity contribution in [2.45, 2.75) is 95.3 Å². The van der Waals surface area contributed by atoms with Crippen molar-refractivity contribution in [2.75, 3.05) is 5.75 Å². The molecule has 0 aliphatic carbocycles. The minimum absolute atomic E-state index is 0.111. The standard InChI is InChI=1S/C20H31NO6SSi/c1-10-13(21-11(2)23-10)17(22)25-15-14-12-9-28-18(24-12)16(15)27-29(26-14,19(3,4)5)20(6,7)8/h12,14-16,18H,9H2,1-8H3/t12-,14-,15+,16-,18+/m1/s1. The molecule has 29 heavy (non-hydrogen) atoms. The molecule has 0 spiro atoms. The second-order valence-corrected chi connectivity index (χ2v) is 16.0. The Balaban J connectivity index is 1.68. The molecule has 0 aromatic carbocycles. The van der Waals surface area contributed by atoms with Crippen molar-refractivity contribution in [2.24, 2.45) is 0 Å². The summed E-state index contributed by atoms with van der Waals surface area (Å²) >= 11 is 1.71. The summed E-state index contributed by atoms with van der Waals surface area (Å²) in [5.74, 6) is 1.21. The van der Waals surface area contributed by atoms with Crippen LogP contribution in [0.5, 0.6) is 0 Å². The number of thioether (sulfide) groups is 1. The summed E-state index contributed by atoms with van der Waals surface area (Å²) in [5.41, 5.74) is 0.0527. The molecule has 3 fully saturated rings. The fourth-order valence-electron chi connectivity index (χ4n) is 4.88. The average molecular weight is 442 g/mol. The van der Waals surface area contributed by atoms with E-state index in [0.29, 0.717) is 11.7 Å². The van der Waals surface area contributed by atoms with Crippen LogP contribution in [0.3, 0.4) is 0 Å². The first-order chi connectivity index (χ1) is 13.3. The number of carbonyl (C=O) groups is 1. The minimum atomic E-state index is -2.72. The molecule has 0 N–H and O–H groups in total. The first-order valence-electron chi connectivity index (χ1n) is 10.1. The second kappa shape index (κ2) is 6.81. The SMILES string of the molecule is Cc1nc(C(=O)O[C@@H]2[C@H]3O[Si](C(C)(C)C)(C(C)(C)C)O[C@@H]2[C@H]2CS[C@@H]3O2)c(C)o1. The van der Waals surface area contributed by atoms with E-state index in [1.165, 1.54) is 0 Å². The van der Waals surface area contributed by atoms with E-state index in [1.807, 2.05) is 0 Å². The number of hydrogen-bond acceptors (Lipinski definition) is 8. The largest absolute Gasteiger partial charge is 0.452 e. The number of esters is 1. The van der Waals surface area contributed by atoms with Crippen LogP contribution in [0.1, 0.15) is 63.7 Å². The number of oxazole rings is 1. The van der Waals surface area contributed by atoms with E-state index in [0.717, 1.165) is 5.75 Å². The van der Waals surface area contributed by atoms with Crippen molar-refractivity contribution < 1.29 is 27.5 Å². The fourth-order valence-corrected chi connectivity index (χ4v) is 11.3. The van der Waals surface area contributed by atoms with E-state index in [9.17, 15) is 4.79 Å². The summed E-state index contributed by atoms with van der Waals surface area (Å²) in [6.45, 7) is 16.5. The highest BCUT2D eigenvalue weighted by molar-refractivity contribution is 8.00. The quantitative estimate of drug-likeness (QED) is 0.501. The third-order valence-corrected chi connectivity index (χ3v) is 12.3. The van der Waals surface area contributed by atoms with Crippen molar-refractivity contribution >= 4 is 26.3 Å². The molecular formula is C20H31NO6SSi. The van der Waals surface area contributed by atoms with Crippen LogP contribution in [0.2, 0.25) is 10.1 Å². The summed E-state index contributed by atoms with van der Waals surface area (Å²) < 4.78 is 31.2. The van der Waals surface area contributed by atoms with Crippen LogP contribution < -0.4 is 0 Å². The Morgan fingerprint density at radius 3 is 2.28 bits per heavy atom. The van der Waals surface area contributed by atoms with Crippen LogP contribution in [0, 0.1) is 13.8 Å². The number of carbonyl (C=O) groups excluding carboxylic acids is 1. The molecule has 3 saturated heterocycles. The molecule has 4 rings (SSSR count). The van der Waals surface area contributed by atoms with Crippen LogP contribution >= 0.6 is 11.8 Å². The Labute approximate surface area is 177 Å². The average Bonchev–Trinajstić information content (AvgIpc) is 3.16. The van der Waals surface area contributed by atoms with Gasteiger partial charge in [-0.25, -0.2) is 9.78 Å². The fraction of sp³-hybridized carbons (Fsp3) is 0.800. The van der Waals surface area contributed by atoms with Gasteiger partial charge in [0.25, 0.3) is 0 Å². The summed E-state index contributed by atoms with van der Waals surface area (Å²) in [6, 6.07) is 0. The van der Waals surface area contributed by atoms with E-state index < -0.39 is 20.6 Å². The van der Waals surface area contributed by atoms with Gasteiger partial charge in [-0.15, -0.1) is 11.8 Å². The number of nitrogens with zero attached hydrogens (tertiary/aromatic N) is 1. The van der Waals surface area contributed by atoms with Gasteiger partial charge in [0.1, 0.15) is 23.4 Å². The molecule has 7 nitrogen and oxygen atoms in total. The molecule has 4 bridgehead atoms. The lowest BCUT2D eigenvalue weighted by molar-refractivity contribution is -0.218. The zero-order valence-electron chi connectivity index (χ0n) is 18.4. The summed E-state index contributed by atoms with van der Waals surface area (Å²) in [7, 11) is -2.72. The predicted octanol–water partition coefficient (Wildman–Crippen LogP) is 4.11. The third kappa shape index (κ3) is 3.29. The van der Waals surface area contributed by atoms with Gasteiger partial charge < -0.3 is 22.7 Å². The minimum Gasteiger partial charge on any atom is -0.452 e. The molecule has 1 aromatic rings. The van der Waals surface area contributed by atoms with E-state index >= 15 is 0 Å². The number of hydrogen-bond donors (Lipinski definition) is 0. The van der Waals surface area contributed by atoms with Gasteiger partial charge in [-0.2, -0.15) is 0 Å². The summed E-state index contributed by atoms with van der Waals surface area (Å²) in [6.07, 6.45) is -1.34. The molecular weight excluding hydrogens is 410 g/mol. The lowest BCUT2D eigenvalue weighted by atomic mass is 10.0. The first-order valence-corrected chi connectivity index (χ1v) is 13.0. The highest BCUT2D eigenvalue weighted by Gasteiger charge is 2.69. The van der Waals surface area contributed by atoms with Gasteiger partial charge in [-0.3, -0.25) is 0 Å². The van der Waals surface area contributed by atoms with Gasteiger partial charge in [-0.1, -0.05) is 41.5 Å². The molecule has 0 saturated carbocycles. The van der Waals surface area contributed by atoms with Gasteiger partial charge in [0.15, 0.2) is 17.7 Å². The van der Waals surface area contributed by atoms with E-state index in [-0.39, 0.29) is 39.5 Å². The Kier molecular flexibility index (Phi) is 5.02. The number of aryl methyl sites for hydroxylation is 2. The van der Waals surface area contributed by atoms with Crippen molar-refractivity contribution in [3.05, 3.63) is 17.3 Å². The highest BCUT2D eigenvalue weighted by Crippen LogP contribution is 2.58. The summed E-state index contributed by atoms with van der Waals surface area (Å²) in [4.78, 5) is 17.1. The molecule has 162 valence electrons. The maximum Gasteiger partial charge on any atom is 0.361 e. The number of rotatable bonds is 2. The maximum absolute atomic E-state index is 12.9. The highest BCUT2D eigenvalue weighted by atomic mass is 32.2. The molecule has 0 amide bonds. The normalized spacial score (nSPS) is 33.6. The molecule has 9 heteroatoms. The second-order valence-electron chi connectivity index (χ2n) is 10.2. The number of fused-ring (bicyclic) bond motifs is 6. The molecule has 0 radical (unpaired) electrons. The monoisotopic (exact) mass is 441 g/mol. The molecule has 3 aliphatic heterocycles. The zero-order chi connectivity index (χ0) is 21.4.